The van der Waals surface area contributed by atoms with E-state index in [2.05, 4.69) is 19.9 Å². The van der Waals surface area contributed by atoms with Gasteiger partial charge in [-0.2, -0.15) is 4.98 Å². The molecule has 3 heterocycles. The first-order valence-electron chi connectivity index (χ1n) is 13.5. The Hall–Kier alpha value is -4.64. The van der Waals surface area contributed by atoms with Gasteiger partial charge in [-0.3, -0.25) is 4.39 Å². The lowest BCUT2D eigenvalue weighted by Gasteiger charge is -2.15. The fraction of sp³-hybridized carbons (Fsp3) is 0.258. The van der Waals surface area contributed by atoms with Gasteiger partial charge in [0.1, 0.15) is 29.5 Å². The van der Waals surface area contributed by atoms with E-state index in [0.29, 0.717) is 45.6 Å². The van der Waals surface area contributed by atoms with Crippen LogP contribution in [0.5, 0.6) is 11.8 Å². The second-order valence-electron chi connectivity index (χ2n) is 10.6. The van der Waals surface area contributed by atoms with Crippen LogP contribution in [0.1, 0.15) is 40.3 Å². The molecule has 0 atom stereocenters. The minimum absolute atomic E-state index is 0.0711. The molecule has 0 spiro atoms. The highest BCUT2D eigenvalue weighted by Gasteiger charge is 2.44. The Kier molecular flexibility index (Phi) is 7.66. The molecule has 43 heavy (non-hydrogen) atoms. The van der Waals surface area contributed by atoms with Crippen LogP contribution < -0.4 is 9.47 Å². The van der Waals surface area contributed by atoms with Crippen molar-refractivity contribution in [2.45, 2.75) is 32.4 Å². The second kappa shape index (κ2) is 11.6. The Balaban J connectivity index is 1.24. The zero-order valence-corrected chi connectivity index (χ0v) is 23.8. The number of carboxylic acid groups (broad SMARTS) is 1. The molecule has 1 fully saturated rings. The molecular weight excluding hydrogens is 580 g/mol. The van der Waals surface area contributed by atoms with Crippen LogP contribution in [0.2, 0.25) is 5.02 Å². The summed E-state index contributed by atoms with van der Waals surface area (Å²) in [6, 6.07) is 14.6. The number of rotatable bonds is 11. The Morgan fingerprint density at radius 3 is 2.65 bits per heavy atom. The molecule has 0 saturated heterocycles. The number of aromatic carboxylic acids is 1. The van der Waals surface area contributed by atoms with E-state index in [1.54, 1.807) is 47.0 Å². The number of carbonyl (C=O) groups is 1. The predicted molar refractivity (Wildman–Crippen MR) is 155 cm³/mol. The number of halogens is 3. The molecule has 9 nitrogen and oxygen atoms in total. The van der Waals surface area contributed by atoms with E-state index in [1.165, 1.54) is 25.4 Å². The maximum absolute atomic E-state index is 15.5. The first-order chi connectivity index (χ1) is 20.8. The second-order valence-corrected chi connectivity index (χ2v) is 11.0. The Morgan fingerprint density at radius 2 is 1.93 bits per heavy atom. The van der Waals surface area contributed by atoms with E-state index >= 15 is 4.39 Å². The van der Waals surface area contributed by atoms with Gasteiger partial charge in [0.25, 0.3) is 0 Å². The predicted octanol–water partition coefficient (Wildman–Crippen LogP) is 6.31. The zero-order valence-electron chi connectivity index (χ0n) is 23.1. The highest BCUT2D eigenvalue weighted by molar-refractivity contribution is 6.30. The van der Waals surface area contributed by atoms with Crippen molar-refractivity contribution in [3.05, 3.63) is 94.3 Å². The molecule has 1 N–H and O–H groups in total. The average Bonchev–Trinajstić information content (AvgIpc) is 3.71. The number of benzene rings is 2. The van der Waals surface area contributed by atoms with Crippen LogP contribution in [0.25, 0.3) is 22.4 Å². The van der Waals surface area contributed by atoms with E-state index in [0.717, 1.165) is 18.4 Å². The number of nitrogens with zero attached hydrogens (tertiary/aromatic N) is 5. The summed E-state index contributed by atoms with van der Waals surface area (Å²) >= 11 is 6.03. The maximum atomic E-state index is 15.5. The van der Waals surface area contributed by atoms with Gasteiger partial charge in [-0.05, 0) is 60.9 Å². The van der Waals surface area contributed by atoms with Gasteiger partial charge in [-0.1, -0.05) is 23.7 Å². The molecule has 1 aliphatic rings. The van der Waals surface area contributed by atoms with Gasteiger partial charge in [0, 0.05) is 40.7 Å². The van der Waals surface area contributed by atoms with Crippen molar-refractivity contribution in [2.24, 2.45) is 5.41 Å². The lowest BCUT2D eigenvalue weighted by molar-refractivity contribution is 0.0690. The number of carboxylic acids is 1. The summed E-state index contributed by atoms with van der Waals surface area (Å²) in [6.45, 7) is -0.0533. The number of alkyl halides is 1. The fourth-order valence-electron chi connectivity index (χ4n) is 4.91. The summed E-state index contributed by atoms with van der Waals surface area (Å²) in [5.74, 6) is -0.553. The monoisotopic (exact) mass is 605 g/mol. The molecule has 0 radical (unpaired) electrons. The van der Waals surface area contributed by atoms with E-state index in [1.807, 2.05) is 0 Å². The van der Waals surface area contributed by atoms with Gasteiger partial charge < -0.3 is 19.1 Å². The molecule has 3 aromatic heterocycles. The quantitative estimate of drug-likeness (QED) is 0.186. The molecule has 220 valence electrons. The number of hydrogen-bond acceptors (Lipinski definition) is 7. The third-order valence-electron chi connectivity index (χ3n) is 7.54. The van der Waals surface area contributed by atoms with Gasteiger partial charge in [0.05, 0.1) is 19.5 Å². The lowest BCUT2D eigenvalue weighted by Crippen LogP contribution is -2.17. The molecule has 0 amide bonds. The molecule has 12 heteroatoms. The summed E-state index contributed by atoms with van der Waals surface area (Å²) in [5.41, 5.74) is 2.21. The highest BCUT2D eigenvalue weighted by atomic mass is 35.5. The van der Waals surface area contributed by atoms with Crippen molar-refractivity contribution in [1.29, 1.82) is 0 Å². The molecule has 1 aliphatic carbocycles. The SMILES string of the molecule is COc1cc(Cl)ccc1COc1nccc(-c2ccc(Cc3nc4ccc(C(=O)O)nc4n3CC3(CF)CC3)cc2F)n1. The van der Waals surface area contributed by atoms with E-state index < -0.39 is 23.9 Å². The van der Waals surface area contributed by atoms with Crippen LogP contribution in [0.3, 0.4) is 0 Å². The Bertz CT molecular complexity index is 1840. The van der Waals surface area contributed by atoms with Crippen molar-refractivity contribution in [3.8, 4) is 23.0 Å². The largest absolute Gasteiger partial charge is 0.496 e. The van der Waals surface area contributed by atoms with Crippen molar-refractivity contribution in [1.82, 2.24) is 24.5 Å². The minimum Gasteiger partial charge on any atom is -0.496 e. The van der Waals surface area contributed by atoms with Crippen molar-refractivity contribution in [3.63, 3.8) is 0 Å². The van der Waals surface area contributed by atoms with Crippen molar-refractivity contribution in [2.75, 3.05) is 13.8 Å². The van der Waals surface area contributed by atoms with E-state index in [4.69, 9.17) is 21.1 Å². The van der Waals surface area contributed by atoms with Crippen LogP contribution in [0.15, 0.2) is 60.8 Å². The standard InChI is InChI=1S/C31H26ClF2N5O4/c1-42-26-14-20(32)4-3-19(26)15-43-30-35-11-8-23(38-30)21-5-2-18(12-22(21)34)13-27-36-24-6-7-25(29(40)41)37-28(24)39(27)17-31(16-33)9-10-31/h2-8,11-12,14H,9-10,13,15-17H2,1H3,(H,40,41). The van der Waals surface area contributed by atoms with Gasteiger partial charge >= 0.3 is 12.0 Å². The van der Waals surface area contributed by atoms with Crippen LogP contribution >= 0.6 is 11.6 Å². The molecule has 0 bridgehead atoms. The van der Waals surface area contributed by atoms with Crippen LogP contribution in [-0.4, -0.2) is 49.4 Å². The van der Waals surface area contributed by atoms with E-state index in [9.17, 15) is 14.3 Å². The van der Waals surface area contributed by atoms with Crippen molar-refractivity contribution >= 4 is 28.7 Å². The van der Waals surface area contributed by atoms with Gasteiger partial charge in [0.2, 0.25) is 0 Å². The number of methoxy groups -OCH3 is 1. The van der Waals surface area contributed by atoms with E-state index in [-0.39, 0.29) is 30.3 Å². The summed E-state index contributed by atoms with van der Waals surface area (Å²) < 4.78 is 42.2. The summed E-state index contributed by atoms with van der Waals surface area (Å²) in [5, 5.41) is 9.96. The molecule has 6 rings (SSSR count). The molecule has 0 unspecified atom stereocenters. The first-order valence-corrected chi connectivity index (χ1v) is 13.9. The molecular formula is C31H26ClF2N5O4. The van der Waals surface area contributed by atoms with Crippen LogP contribution in [-0.2, 0) is 19.6 Å². The summed E-state index contributed by atoms with van der Waals surface area (Å²) in [7, 11) is 1.54. The van der Waals surface area contributed by atoms with Gasteiger partial charge in [-0.25, -0.2) is 24.1 Å². The lowest BCUT2D eigenvalue weighted by atomic mass is 10.1. The number of imidazole rings is 1. The number of fused-ring (bicyclic) bond motifs is 1. The third-order valence-corrected chi connectivity index (χ3v) is 7.77. The average molecular weight is 606 g/mol. The summed E-state index contributed by atoms with van der Waals surface area (Å²) in [4.78, 5) is 29.0. The van der Waals surface area contributed by atoms with Crippen LogP contribution in [0, 0.1) is 11.2 Å². The van der Waals surface area contributed by atoms with Crippen molar-refractivity contribution < 1.29 is 28.2 Å². The topological polar surface area (TPSA) is 112 Å². The zero-order chi connectivity index (χ0) is 30.1. The summed E-state index contributed by atoms with van der Waals surface area (Å²) in [6.07, 6.45) is 3.17. The fourth-order valence-corrected chi connectivity index (χ4v) is 5.08. The molecule has 2 aromatic carbocycles. The number of aromatic nitrogens is 5. The minimum atomic E-state index is -1.16. The molecule has 0 aliphatic heterocycles. The number of ether oxygens (including phenoxy) is 2. The molecule has 1 saturated carbocycles. The van der Waals surface area contributed by atoms with Crippen LogP contribution in [0.4, 0.5) is 8.78 Å². The van der Waals surface area contributed by atoms with Gasteiger partial charge in [-0.15, -0.1) is 0 Å². The third kappa shape index (κ3) is 5.98. The Morgan fingerprint density at radius 1 is 1.09 bits per heavy atom. The van der Waals surface area contributed by atoms with Gasteiger partial charge in [0.15, 0.2) is 11.3 Å². The number of hydrogen-bond donors (Lipinski definition) is 1. The maximum Gasteiger partial charge on any atom is 0.354 e. The Labute approximate surface area is 250 Å². The highest BCUT2D eigenvalue weighted by Crippen LogP contribution is 2.48. The molecule has 5 aromatic rings. The smallest absolute Gasteiger partial charge is 0.354 e. The number of pyridine rings is 1. The first kappa shape index (κ1) is 28.5. The normalized spacial score (nSPS) is 13.7.